The molecular weight excluding hydrogens is 402 g/mol. The number of anilines is 1. The Morgan fingerprint density at radius 3 is 2.55 bits per heavy atom. The zero-order chi connectivity index (χ0) is 21.3. The van der Waals surface area contributed by atoms with Crippen molar-refractivity contribution in [3.63, 3.8) is 0 Å². The lowest BCUT2D eigenvalue weighted by Crippen LogP contribution is -2.32. The molecule has 5 rings (SSSR count). The van der Waals surface area contributed by atoms with E-state index in [2.05, 4.69) is 85.9 Å². The summed E-state index contributed by atoms with van der Waals surface area (Å²) in [5.74, 6) is 3.77. The Morgan fingerprint density at radius 1 is 0.903 bits per heavy atom. The van der Waals surface area contributed by atoms with Gasteiger partial charge in [-0.3, -0.25) is 0 Å². The molecular formula is C27H27NO2S. The van der Waals surface area contributed by atoms with Crippen LogP contribution in [0.2, 0.25) is 0 Å². The molecule has 0 fully saturated rings. The van der Waals surface area contributed by atoms with Gasteiger partial charge in [0, 0.05) is 17.0 Å². The standard InChI is InChI=1S/C27H27NO2S/c1-27(2)16-22(17-31-13-12-19-6-4-3-5-7-19)23-14-20(8-10-24(23)28-27)21-9-11-25-26(15-21)30-18-29-25/h3-11,14-16,28H,12-13,17-18H2,1-2H3. The molecule has 0 aromatic heterocycles. The van der Waals surface area contributed by atoms with Crippen molar-refractivity contribution in [3.8, 4) is 22.6 Å². The summed E-state index contributed by atoms with van der Waals surface area (Å²) in [7, 11) is 0. The molecule has 0 amide bonds. The molecule has 2 heterocycles. The van der Waals surface area contributed by atoms with E-state index in [0.717, 1.165) is 35.0 Å². The second-order valence-corrected chi connectivity index (χ2v) is 9.74. The van der Waals surface area contributed by atoms with Crippen LogP contribution in [0.15, 0.2) is 72.8 Å². The van der Waals surface area contributed by atoms with Gasteiger partial charge in [0.2, 0.25) is 6.79 Å². The van der Waals surface area contributed by atoms with E-state index in [0.29, 0.717) is 6.79 Å². The van der Waals surface area contributed by atoms with Crippen molar-refractivity contribution in [2.45, 2.75) is 25.8 Å². The van der Waals surface area contributed by atoms with Gasteiger partial charge < -0.3 is 14.8 Å². The Hall–Kier alpha value is -2.85. The van der Waals surface area contributed by atoms with E-state index in [1.165, 1.54) is 28.0 Å². The Labute approximate surface area is 188 Å². The molecule has 1 N–H and O–H groups in total. The van der Waals surface area contributed by atoms with Crippen LogP contribution >= 0.6 is 11.8 Å². The molecule has 2 aliphatic rings. The van der Waals surface area contributed by atoms with Crippen LogP contribution in [0.3, 0.4) is 0 Å². The van der Waals surface area contributed by atoms with Crippen LogP contribution in [-0.2, 0) is 6.42 Å². The Morgan fingerprint density at radius 2 is 1.68 bits per heavy atom. The van der Waals surface area contributed by atoms with Gasteiger partial charge >= 0.3 is 0 Å². The van der Waals surface area contributed by atoms with E-state index < -0.39 is 0 Å². The lowest BCUT2D eigenvalue weighted by atomic mass is 9.89. The van der Waals surface area contributed by atoms with Crippen molar-refractivity contribution in [2.75, 3.05) is 23.6 Å². The first-order chi connectivity index (χ1) is 15.1. The minimum atomic E-state index is -0.0530. The number of ether oxygens (including phenoxy) is 2. The number of hydrogen-bond acceptors (Lipinski definition) is 4. The van der Waals surface area contributed by atoms with Crippen LogP contribution in [0.25, 0.3) is 16.7 Å². The maximum Gasteiger partial charge on any atom is 0.231 e. The maximum atomic E-state index is 5.57. The highest BCUT2D eigenvalue weighted by Crippen LogP contribution is 2.40. The zero-order valence-corrected chi connectivity index (χ0v) is 18.8. The van der Waals surface area contributed by atoms with Crippen molar-refractivity contribution < 1.29 is 9.47 Å². The third kappa shape index (κ3) is 4.45. The first-order valence-corrected chi connectivity index (χ1v) is 11.9. The molecule has 2 aliphatic heterocycles. The van der Waals surface area contributed by atoms with Gasteiger partial charge in [-0.2, -0.15) is 11.8 Å². The number of hydrogen-bond donors (Lipinski definition) is 1. The summed E-state index contributed by atoms with van der Waals surface area (Å²) in [5.41, 5.74) is 7.59. The molecule has 0 atom stereocenters. The number of thioether (sulfide) groups is 1. The predicted octanol–water partition coefficient (Wildman–Crippen LogP) is 6.65. The number of rotatable bonds is 6. The summed E-state index contributed by atoms with van der Waals surface area (Å²) in [5, 5.41) is 3.67. The minimum Gasteiger partial charge on any atom is -0.454 e. The molecule has 0 radical (unpaired) electrons. The topological polar surface area (TPSA) is 30.5 Å². The van der Waals surface area contributed by atoms with Gasteiger partial charge in [0.15, 0.2) is 11.5 Å². The highest BCUT2D eigenvalue weighted by Gasteiger charge is 2.24. The number of fused-ring (bicyclic) bond motifs is 2. The smallest absolute Gasteiger partial charge is 0.231 e. The van der Waals surface area contributed by atoms with Crippen LogP contribution < -0.4 is 14.8 Å². The highest BCUT2D eigenvalue weighted by atomic mass is 32.2. The summed E-state index contributed by atoms with van der Waals surface area (Å²) >= 11 is 2.00. The van der Waals surface area contributed by atoms with Crippen molar-refractivity contribution in [3.05, 3.63) is 83.9 Å². The van der Waals surface area contributed by atoms with Crippen LogP contribution in [-0.4, -0.2) is 23.8 Å². The fourth-order valence-corrected chi connectivity index (χ4v) is 5.19. The fraction of sp³-hybridized carbons (Fsp3) is 0.259. The maximum absolute atomic E-state index is 5.57. The van der Waals surface area contributed by atoms with Crippen LogP contribution in [0.1, 0.15) is 25.0 Å². The lowest BCUT2D eigenvalue weighted by molar-refractivity contribution is 0.174. The van der Waals surface area contributed by atoms with Gasteiger partial charge in [-0.1, -0.05) is 48.5 Å². The number of nitrogens with one attached hydrogen (secondary N) is 1. The predicted molar refractivity (Wildman–Crippen MR) is 131 cm³/mol. The normalized spacial score (nSPS) is 15.7. The molecule has 4 heteroatoms. The number of benzene rings is 3. The molecule has 31 heavy (non-hydrogen) atoms. The van der Waals surface area contributed by atoms with Gasteiger partial charge in [0.1, 0.15) is 0 Å². The second-order valence-electron chi connectivity index (χ2n) is 8.63. The fourth-order valence-electron chi connectivity index (χ4n) is 4.21. The first-order valence-electron chi connectivity index (χ1n) is 10.7. The van der Waals surface area contributed by atoms with Crippen LogP contribution in [0.5, 0.6) is 11.5 Å². The van der Waals surface area contributed by atoms with Crippen molar-refractivity contribution in [1.29, 1.82) is 0 Å². The van der Waals surface area contributed by atoms with Gasteiger partial charge in [-0.25, -0.2) is 0 Å². The summed E-state index contributed by atoms with van der Waals surface area (Å²) in [6, 6.07) is 23.6. The van der Waals surface area contributed by atoms with Crippen LogP contribution in [0, 0.1) is 0 Å². The van der Waals surface area contributed by atoms with E-state index in [9.17, 15) is 0 Å². The molecule has 3 nitrogen and oxygen atoms in total. The molecule has 0 saturated heterocycles. The molecule has 3 aromatic carbocycles. The van der Waals surface area contributed by atoms with E-state index >= 15 is 0 Å². The van der Waals surface area contributed by atoms with Gasteiger partial charge in [0.05, 0.1) is 5.54 Å². The first kappa shape index (κ1) is 20.1. The molecule has 0 saturated carbocycles. The third-order valence-corrected chi connectivity index (χ3v) is 6.71. The zero-order valence-electron chi connectivity index (χ0n) is 18.0. The molecule has 158 valence electrons. The van der Waals surface area contributed by atoms with E-state index in [4.69, 9.17) is 9.47 Å². The van der Waals surface area contributed by atoms with Crippen LogP contribution in [0.4, 0.5) is 5.69 Å². The molecule has 0 aliphatic carbocycles. The Bertz CT molecular complexity index is 1120. The van der Waals surface area contributed by atoms with Crippen molar-refractivity contribution >= 4 is 23.0 Å². The SMILES string of the molecule is CC1(C)C=C(CSCCc2ccccc2)c2cc(-c3ccc4c(c3)OCO4)ccc2N1. The lowest BCUT2D eigenvalue weighted by Gasteiger charge is -2.32. The average Bonchev–Trinajstić information content (AvgIpc) is 3.24. The third-order valence-electron chi connectivity index (χ3n) is 5.70. The minimum absolute atomic E-state index is 0.0530. The molecule has 0 unspecified atom stereocenters. The average molecular weight is 430 g/mol. The summed E-state index contributed by atoms with van der Waals surface area (Å²) in [6.07, 6.45) is 3.48. The molecule has 0 bridgehead atoms. The summed E-state index contributed by atoms with van der Waals surface area (Å²) in [6.45, 7) is 4.77. The quantitative estimate of drug-likeness (QED) is 0.445. The Kier molecular flexibility index (Phi) is 5.41. The second kappa shape index (κ2) is 8.35. The Balaban J connectivity index is 1.36. The van der Waals surface area contributed by atoms with E-state index in [1.807, 2.05) is 17.8 Å². The van der Waals surface area contributed by atoms with Gasteiger partial charge in [-0.15, -0.1) is 0 Å². The van der Waals surface area contributed by atoms with E-state index in [-0.39, 0.29) is 5.54 Å². The summed E-state index contributed by atoms with van der Waals surface area (Å²) < 4.78 is 11.0. The van der Waals surface area contributed by atoms with Gasteiger partial charge in [0.25, 0.3) is 0 Å². The van der Waals surface area contributed by atoms with Gasteiger partial charge in [-0.05, 0) is 72.6 Å². The largest absolute Gasteiger partial charge is 0.454 e. The monoisotopic (exact) mass is 429 g/mol. The molecule has 3 aromatic rings. The van der Waals surface area contributed by atoms with Crippen molar-refractivity contribution in [1.82, 2.24) is 0 Å². The van der Waals surface area contributed by atoms with Crippen molar-refractivity contribution in [2.24, 2.45) is 0 Å². The molecule has 0 spiro atoms. The van der Waals surface area contributed by atoms with E-state index in [1.54, 1.807) is 0 Å². The summed E-state index contributed by atoms with van der Waals surface area (Å²) in [4.78, 5) is 0. The highest BCUT2D eigenvalue weighted by molar-refractivity contribution is 7.99. The number of aryl methyl sites for hydroxylation is 1.